The first kappa shape index (κ1) is 23.1. The Morgan fingerprint density at radius 2 is 1.91 bits per heavy atom. The van der Waals surface area contributed by atoms with Crippen molar-refractivity contribution >= 4 is 17.4 Å². The van der Waals surface area contributed by atoms with Gasteiger partial charge in [-0.25, -0.2) is 4.98 Å². The summed E-state index contributed by atoms with van der Waals surface area (Å²) < 4.78 is 7.56. The molecule has 0 saturated carbocycles. The number of hydrogen-bond acceptors (Lipinski definition) is 6. The molecule has 1 aliphatic heterocycles. The van der Waals surface area contributed by atoms with Crippen LogP contribution in [0.15, 0.2) is 72.8 Å². The first-order valence-electron chi connectivity index (χ1n) is 11.3. The van der Waals surface area contributed by atoms with Gasteiger partial charge in [0, 0.05) is 31.0 Å². The maximum absolute atomic E-state index is 13.1. The maximum atomic E-state index is 13.1. The van der Waals surface area contributed by atoms with Crippen LogP contribution in [0.25, 0.3) is 5.76 Å². The van der Waals surface area contributed by atoms with Crippen molar-refractivity contribution in [3.63, 3.8) is 0 Å². The first-order valence-corrected chi connectivity index (χ1v) is 11.3. The van der Waals surface area contributed by atoms with Crippen molar-refractivity contribution in [3.05, 3.63) is 84.0 Å². The van der Waals surface area contributed by atoms with Crippen LogP contribution in [-0.4, -0.2) is 49.5 Å². The summed E-state index contributed by atoms with van der Waals surface area (Å²) in [5, 5.41) is 20.9. The van der Waals surface area contributed by atoms with Gasteiger partial charge in [0.25, 0.3) is 11.7 Å². The van der Waals surface area contributed by atoms with E-state index in [1.807, 2.05) is 17.7 Å². The van der Waals surface area contributed by atoms with Crippen molar-refractivity contribution in [2.75, 3.05) is 13.2 Å². The molecular weight excluding hydrogens is 434 g/mol. The summed E-state index contributed by atoms with van der Waals surface area (Å²) in [6.07, 6.45) is 6.64. The third-order valence-corrected chi connectivity index (χ3v) is 5.70. The maximum Gasteiger partial charge on any atom is 0.295 e. The lowest BCUT2D eigenvalue weighted by atomic mass is 9.95. The number of nitrogens with zero attached hydrogens (tertiary/aromatic N) is 3. The van der Waals surface area contributed by atoms with Crippen molar-refractivity contribution in [3.8, 4) is 11.5 Å². The number of phenolic OH excluding ortho intramolecular Hbond substituents is 1. The van der Waals surface area contributed by atoms with Crippen molar-refractivity contribution in [2.24, 2.45) is 0 Å². The lowest BCUT2D eigenvalue weighted by molar-refractivity contribution is -0.139. The second kappa shape index (κ2) is 10.2. The lowest BCUT2D eigenvalue weighted by Crippen LogP contribution is -2.31. The highest BCUT2D eigenvalue weighted by molar-refractivity contribution is 6.46. The second-order valence-electron chi connectivity index (χ2n) is 8.11. The van der Waals surface area contributed by atoms with Gasteiger partial charge in [-0.15, -0.1) is 0 Å². The minimum absolute atomic E-state index is 0.0194. The number of Topliss-reactive ketones (excluding diaryl/α,β-unsaturated/α-hetero) is 1. The Morgan fingerprint density at radius 3 is 2.62 bits per heavy atom. The number of ketones is 1. The molecular formula is C26H27N3O5. The molecule has 0 bridgehead atoms. The second-order valence-corrected chi connectivity index (χ2v) is 8.11. The van der Waals surface area contributed by atoms with E-state index in [4.69, 9.17) is 4.74 Å². The summed E-state index contributed by atoms with van der Waals surface area (Å²) in [5.41, 5.74) is 1.04. The lowest BCUT2D eigenvalue weighted by Gasteiger charge is -2.25. The Kier molecular flexibility index (Phi) is 6.96. The molecule has 176 valence electrons. The summed E-state index contributed by atoms with van der Waals surface area (Å²) in [6, 6.07) is 12.4. The number of rotatable bonds is 9. The van der Waals surface area contributed by atoms with Gasteiger partial charge in [0.2, 0.25) is 0 Å². The minimum Gasteiger partial charge on any atom is -0.508 e. The smallest absolute Gasteiger partial charge is 0.295 e. The number of carbonyl (C=O) groups is 2. The third-order valence-electron chi connectivity index (χ3n) is 5.70. The molecule has 8 nitrogen and oxygen atoms in total. The standard InChI is InChI=1S/C26H27N3O5/c1-2-15-34-21-6-3-5-19(16-21)24(31)22-23(18-7-9-20(30)10-8-18)29(26(33)25(22)32)13-4-12-28-14-11-27-17-28/h3,5-11,14,16-17,23,30-31H,2,4,12-13,15H2,1H3/b24-22+. The van der Waals surface area contributed by atoms with Gasteiger partial charge in [0.05, 0.1) is 24.5 Å². The zero-order valence-electron chi connectivity index (χ0n) is 18.9. The molecule has 2 N–H and O–H groups in total. The van der Waals surface area contributed by atoms with Crippen molar-refractivity contribution < 1.29 is 24.5 Å². The van der Waals surface area contributed by atoms with Crippen LogP contribution in [0.5, 0.6) is 11.5 Å². The zero-order valence-corrected chi connectivity index (χ0v) is 18.9. The Morgan fingerprint density at radius 1 is 1.12 bits per heavy atom. The molecule has 0 radical (unpaired) electrons. The monoisotopic (exact) mass is 461 g/mol. The van der Waals surface area contributed by atoms with Crippen LogP contribution in [-0.2, 0) is 16.1 Å². The summed E-state index contributed by atoms with van der Waals surface area (Å²) in [5.74, 6) is -1.01. The highest BCUT2D eigenvalue weighted by Gasteiger charge is 2.45. The van der Waals surface area contributed by atoms with Crippen molar-refractivity contribution in [1.82, 2.24) is 14.5 Å². The SMILES string of the molecule is CCCOc1cccc(/C(O)=C2\C(=O)C(=O)N(CCCn3ccnc3)C2c2ccc(O)cc2)c1. The van der Waals surface area contributed by atoms with E-state index in [1.54, 1.807) is 48.9 Å². The van der Waals surface area contributed by atoms with Crippen LogP contribution in [0, 0.1) is 0 Å². The Balaban J connectivity index is 1.71. The number of aromatic hydroxyl groups is 1. The van der Waals surface area contributed by atoms with E-state index in [-0.39, 0.29) is 17.1 Å². The molecule has 4 rings (SSSR count). The summed E-state index contributed by atoms with van der Waals surface area (Å²) in [6.45, 7) is 3.46. The van der Waals surface area contributed by atoms with Crippen molar-refractivity contribution in [2.45, 2.75) is 32.4 Å². The summed E-state index contributed by atoms with van der Waals surface area (Å²) >= 11 is 0. The molecule has 1 fully saturated rings. The minimum atomic E-state index is -0.774. The number of aliphatic hydroxyl groups is 1. The number of hydrogen-bond donors (Lipinski definition) is 2. The summed E-state index contributed by atoms with van der Waals surface area (Å²) in [7, 11) is 0. The number of aryl methyl sites for hydroxylation is 1. The Labute approximate surface area is 197 Å². The van der Waals surface area contributed by atoms with Gasteiger partial charge in [-0.05, 0) is 42.7 Å². The largest absolute Gasteiger partial charge is 0.508 e. The molecule has 34 heavy (non-hydrogen) atoms. The molecule has 2 aromatic carbocycles. The molecule has 3 aromatic rings. The van der Waals surface area contributed by atoms with Crippen molar-refractivity contribution in [1.29, 1.82) is 0 Å². The van der Waals surface area contributed by atoms with Gasteiger partial charge in [-0.2, -0.15) is 0 Å². The van der Waals surface area contributed by atoms with Crippen LogP contribution in [0.1, 0.15) is 36.9 Å². The third kappa shape index (κ3) is 4.80. The number of amides is 1. The van der Waals surface area contributed by atoms with Gasteiger partial charge >= 0.3 is 0 Å². The molecule has 1 saturated heterocycles. The van der Waals surface area contributed by atoms with E-state index in [1.165, 1.54) is 17.0 Å². The quantitative estimate of drug-likeness (QED) is 0.285. The number of aliphatic hydroxyl groups excluding tert-OH is 1. The molecule has 2 heterocycles. The number of benzene rings is 2. The average Bonchev–Trinajstić information content (AvgIpc) is 3.45. The fourth-order valence-corrected chi connectivity index (χ4v) is 4.07. The van der Waals surface area contributed by atoms with E-state index in [9.17, 15) is 19.8 Å². The van der Waals surface area contributed by atoms with Crippen LogP contribution in [0.2, 0.25) is 0 Å². The van der Waals surface area contributed by atoms with Gasteiger partial charge in [0.1, 0.15) is 17.3 Å². The van der Waals surface area contributed by atoms with Crippen LogP contribution in [0.4, 0.5) is 0 Å². The molecule has 0 aliphatic carbocycles. The van der Waals surface area contributed by atoms with E-state index in [2.05, 4.69) is 4.98 Å². The topological polar surface area (TPSA) is 105 Å². The normalized spacial score (nSPS) is 17.3. The highest BCUT2D eigenvalue weighted by Crippen LogP contribution is 2.40. The van der Waals surface area contributed by atoms with E-state index >= 15 is 0 Å². The number of likely N-dealkylation sites (tertiary alicyclic amines) is 1. The molecule has 8 heteroatoms. The van der Waals surface area contributed by atoms with Gasteiger partial charge < -0.3 is 24.4 Å². The van der Waals surface area contributed by atoms with E-state index < -0.39 is 17.7 Å². The molecule has 1 atom stereocenters. The predicted octanol–water partition coefficient (Wildman–Crippen LogP) is 3.89. The van der Waals surface area contributed by atoms with Crippen LogP contribution >= 0.6 is 0 Å². The number of ether oxygens (including phenoxy) is 1. The number of aromatic nitrogens is 2. The molecule has 1 amide bonds. The zero-order chi connectivity index (χ0) is 24.1. The first-order chi connectivity index (χ1) is 16.5. The fraction of sp³-hybridized carbons (Fsp3) is 0.269. The Hall–Kier alpha value is -4.07. The number of carbonyl (C=O) groups excluding carboxylic acids is 2. The van der Waals surface area contributed by atoms with Gasteiger partial charge in [-0.3, -0.25) is 9.59 Å². The highest BCUT2D eigenvalue weighted by atomic mass is 16.5. The predicted molar refractivity (Wildman–Crippen MR) is 126 cm³/mol. The number of imidazole rings is 1. The van der Waals surface area contributed by atoms with Crippen LogP contribution in [0.3, 0.4) is 0 Å². The fourth-order valence-electron chi connectivity index (χ4n) is 4.07. The van der Waals surface area contributed by atoms with Gasteiger partial charge in [-0.1, -0.05) is 31.2 Å². The average molecular weight is 462 g/mol. The molecule has 0 spiro atoms. The molecule has 1 aliphatic rings. The van der Waals surface area contributed by atoms with E-state index in [0.29, 0.717) is 43.0 Å². The van der Waals surface area contributed by atoms with E-state index in [0.717, 1.165) is 6.42 Å². The molecule has 1 unspecified atom stereocenters. The molecule has 1 aromatic heterocycles. The Bertz CT molecular complexity index is 1190. The summed E-state index contributed by atoms with van der Waals surface area (Å²) in [4.78, 5) is 31.7. The van der Waals surface area contributed by atoms with Gasteiger partial charge in [0.15, 0.2) is 0 Å². The number of phenols is 1. The van der Waals surface area contributed by atoms with Crippen LogP contribution < -0.4 is 4.74 Å².